The van der Waals surface area contributed by atoms with Crippen molar-refractivity contribution >= 4 is 22.4 Å². The quantitative estimate of drug-likeness (QED) is 0.705. The van der Waals surface area contributed by atoms with Crippen LogP contribution in [-0.2, 0) is 4.79 Å². The number of aryl methyl sites for hydroxylation is 1. The molecule has 0 spiro atoms. The van der Waals surface area contributed by atoms with Crippen molar-refractivity contribution in [2.24, 2.45) is 0 Å². The van der Waals surface area contributed by atoms with Crippen LogP contribution in [0.2, 0.25) is 0 Å². The van der Waals surface area contributed by atoms with Crippen LogP contribution in [0.4, 0.5) is 5.13 Å². The Morgan fingerprint density at radius 1 is 1.26 bits per heavy atom. The van der Waals surface area contributed by atoms with Crippen LogP contribution in [0.5, 0.6) is 5.75 Å². The van der Waals surface area contributed by atoms with Gasteiger partial charge in [0.15, 0.2) is 5.13 Å². The monoisotopic (exact) mass is 384 g/mol. The summed E-state index contributed by atoms with van der Waals surface area (Å²) in [7, 11) is 0. The fourth-order valence-corrected chi connectivity index (χ4v) is 3.17. The molecule has 0 bridgehead atoms. The first-order valence-corrected chi connectivity index (χ1v) is 9.42. The standard InChI is InChI=1S/C19H20N4O3S/c1-4-26-15-7-5-14(6-8-15)16-9-10-17(24)23(22-16)13(3)18(25)21-19-20-12(2)11-27-19/h5-11,13H,4H2,1-3H3,(H,20,21,25). The summed E-state index contributed by atoms with van der Waals surface area (Å²) in [5.41, 5.74) is 1.91. The van der Waals surface area contributed by atoms with Gasteiger partial charge in [-0.05, 0) is 51.1 Å². The molecule has 1 amide bonds. The number of amides is 1. The van der Waals surface area contributed by atoms with Gasteiger partial charge in [-0.25, -0.2) is 9.67 Å². The molecule has 0 aliphatic heterocycles. The van der Waals surface area contributed by atoms with Gasteiger partial charge in [0, 0.05) is 17.0 Å². The maximum absolute atomic E-state index is 12.5. The SMILES string of the molecule is CCOc1ccc(-c2ccc(=O)n(C(C)C(=O)Nc3nc(C)cs3)n2)cc1. The summed E-state index contributed by atoms with van der Waals surface area (Å²) in [6.07, 6.45) is 0. The van der Waals surface area contributed by atoms with Crippen LogP contribution < -0.4 is 15.6 Å². The number of aromatic nitrogens is 3. The van der Waals surface area contributed by atoms with Gasteiger partial charge in [-0.2, -0.15) is 5.10 Å². The van der Waals surface area contributed by atoms with E-state index in [9.17, 15) is 9.59 Å². The zero-order chi connectivity index (χ0) is 19.4. The summed E-state index contributed by atoms with van der Waals surface area (Å²) < 4.78 is 6.62. The van der Waals surface area contributed by atoms with Crippen molar-refractivity contribution in [2.45, 2.75) is 26.8 Å². The third-order valence-corrected chi connectivity index (χ3v) is 4.76. The first kappa shape index (κ1) is 18.8. The van der Waals surface area contributed by atoms with Crippen molar-refractivity contribution in [1.29, 1.82) is 0 Å². The molecule has 27 heavy (non-hydrogen) atoms. The lowest BCUT2D eigenvalue weighted by Gasteiger charge is -2.14. The van der Waals surface area contributed by atoms with E-state index < -0.39 is 6.04 Å². The van der Waals surface area contributed by atoms with Gasteiger partial charge in [-0.1, -0.05) is 0 Å². The molecule has 0 saturated heterocycles. The van der Waals surface area contributed by atoms with Crippen LogP contribution in [0, 0.1) is 6.92 Å². The van der Waals surface area contributed by atoms with Gasteiger partial charge in [0.05, 0.1) is 18.0 Å². The Morgan fingerprint density at radius 2 is 2.00 bits per heavy atom. The van der Waals surface area contributed by atoms with Crippen molar-refractivity contribution in [3.05, 3.63) is 57.8 Å². The predicted octanol–water partition coefficient (Wildman–Crippen LogP) is 3.27. The van der Waals surface area contributed by atoms with Gasteiger partial charge < -0.3 is 10.1 Å². The second-order valence-corrected chi connectivity index (χ2v) is 6.78. The number of rotatable bonds is 6. The molecule has 7 nitrogen and oxygen atoms in total. The number of hydrogen-bond acceptors (Lipinski definition) is 6. The lowest BCUT2D eigenvalue weighted by Crippen LogP contribution is -2.33. The molecule has 0 aliphatic carbocycles. The maximum atomic E-state index is 12.5. The fraction of sp³-hybridized carbons (Fsp3) is 0.263. The van der Waals surface area contributed by atoms with Crippen LogP contribution in [0.3, 0.4) is 0 Å². The summed E-state index contributed by atoms with van der Waals surface area (Å²) in [5.74, 6) is 0.420. The van der Waals surface area contributed by atoms with E-state index in [1.807, 2.05) is 43.5 Å². The Kier molecular flexibility index (Phi) is 5.66. The zero-order valence-electron chi connectivity index (χ0n) is 15.3. The Hall–Kier alpha value is -3.00. The van der Waals surface area contributed by atoms with Crippen LogP contribution in [0.15, 0.2) is 46.6 Å². The third kappa shape index (κ3) is 4.40. The van der Waals surface area contributed by atoms with Crippen LogP contribution >= 0.6 is 11.3 Å². The van der Waals surface area contributed by atoms with E-state index in [4.69, 9.17) is 4.74 Å². The molecular weight excluding hydrogens is 364 g/mol. The topological polar surface area (TPSA) is 86.1 Å². The smallest absolute Gasteiger partial charge is 0.267 e. The Bertz CT molecular complexity index is 995. The summed E-state index contributed by atoms with van der Waals surface area (Å²) in [6.45, 7) is 5.99. The number of nitrogens with one attached hydrogen (secondary N) is 1. The Balaban J connectivity index is 1.83. The average Bonchev–Trinajstić information content (AvgIpc) is 3.07. The number of ether oxygens (including phenoxy) is 1. The second-order valence-electron chi connectivity index (χ2n) is 5.92. The van der Waals surface area contributed by atoms with Crippen molar-refractivity contribution in [2.75, 3.05) is 11.9 Å². The molecule has 3 aromatic rings. The summed E-state index contributed by atoms with van der Waals surface area (Å²) >= 11 is 1.34. The van der Waals surface area contributed by atoms with Crippen molar-refractivity contribution < 1.29 is 9.53 Å². The molecule has 1 unspecified atom stereocenters. The third-order valence-electron chi connectivity index (χ3n) is 3.88. The molecule has 8 heteroatoms. The van der Waals surface area contributed by atoms with Crippen LogP contribution in [0.25, 0.3) is 11.3 Å². The minimum atomic E-state index is -0.774. The molecule has 1 aromatic carbocycles. The predicted molar refractivity (Wildman–Crippen MR) is 105 cm³/mol. The normalized spacial score (nSPS) is 11.8. The highest BCUT2D eigenvalue weighted by Gasteiger charge is 2.19. The molecule has 0 aliphatic rings. The molecule has 1 atom stereocenters. The van der Waals surface area contributed by atoms with E-state index in [0.717, 1.165) is 17.0 Å². The number of anilines is 1. The highest BCUT2D eigenvalue weighted by atomic mass is 32.1. The van der Waals surface area contributed by atoms with Crippen LogP contribution in [-0.4, -0.2) is 27.3 Å². The molecule has 1 N–H and O–H groups in total. The highest BCUT2D eigenvalue weighted by molar-refractivity contribution is 7.13. The largest absolute Gasteiger partial charge is 0.494 e. The maximum Gasteiger partial charge on any atom is 0.267 e. The van der Waals surface area contributed by atoms with E-state index in [-0.39, 0.29) is 11.5 Å². The Labute approximate surface area is 160 Å². The van der Waals surface area contributed by atoms with E-state index in [1.165, 1.54) is 22.1 Å². The van der Waals surface area contributed by atoms with Gasteiger partial charge in [-0.15, -0.1) is 11.3 Å². The molecule has 2 heterocycles. The fourth-order valence-electron chi connectivity index (χ4n) is 2.48. The first-order valence-electron chi connectivity index (χ1n) is 8.54. The van der Waals surface area contributed by atoms with Crippen molar-refractivity contribution in [3.63, 3.8) is 0 Å². The van der Waals surface area contributed by atoms with Gasteiger partial charge in [-0.3, -0.25) is 9.59 Å². The zero-order valence-corrected chi connectivity index (χ0v) is 16.1. The highest BCUT2D eigenvalue weighted by Crippen LogP contribution is 2.21. The summed E-state index contributed by atoms with van der Waals surface area (Å²) in [4.78, 5) is 28.9. The van der Waals surface area contributed by atoms with E-state index in [1.54, 1.807) is 13.0 Å². The van der Waals surface area contributed by atoms with Crippen molar-refractivity contribution in [3.8, 4) is 17.0 Å². The molecule has 3 rings (SSSR count). The Morgan fingerprint density at radius 3 is 2.63 bits per heavy atom. The molecule has 0 fully saturated rings. The summed E-state index contributed by atoms with van der Waals surface area (Å²) in [6, 6.07) is 9.70. The van der Waals surface area contributed by atoms with Gasteiger partial charge in [0.2, 0.25) is 0 Å². The van der Waals surface area contributed by atoms with E-state index in [2.05, 4.69) is 15.4 Å². The molecule has 0 radical (unpaired) electrons. The van der Waals surface area contributed by atoms with Gasteiger partial charge in [0.1, 0.15) is 11.8 Å². The molecule has 0 saturated carbocycles. The minimum Gasteiger partial charge on any atom is -0.494 e. The molecule has 2 aromatic heterocycles. The number of hydrogen-bond donors (Lipinski definition) is 1. The minimum absolute atomic E-state index is 0.345. The number of thiazole rings is 1. The number of carbonyl (C=O) groups excluding carboxylic acids is 1. The average molecular weight is 384 g/mol. The second kappa shape index (κ2) is 8.13. The number of carbonyl (C=O) groups is 1. The van der Waals surface area contributed by atoms with Crippen LogP contribution in [0.1, 0.15) is 25.6 Å². The molecule has 140 valence electrons. The number of benzene rings is 1. The number of nitrogens with zero attached hydrogens (tertiary/aromatic N) is 3. The first-order chi connectivity index (χ1) is 13.0. The van der Waals surface area contributed by atoms with Gasteiger partial charge >= 0.3 is 0 Å². The van der Waals surface area contributed by atoms with Gasteiger partial charge in [0.25, 0.3) is 11.5 Å². The molecular formula is C19H20N4O3S. The lowest BCUT2D eigenvalue weighted by molar-refractivity contribution is -0.119. The van der Waals surface area contributed by atoms with E-state index in [0.29, 0.717) is 17.4 Å². The van der Waals surface area contributed by atoms with E-state index >= 15 is 0 Å². The van der Waals surface area contributed by atoms with Crippen molar-refractivity contribution in [1.82, 2.24) is 14.8 Å². The summed E-state index contributed by atoms with van der Waals surface area (Å²) in [5, 5.41) is 9.44. The lowest BCUT2D eigenvalue weighted by atomic mass is 10.1.